The number of carbonyl (C=O) groups is 2. The summed E-state index contributed by atoms with van der Waals surface area (Å²) >= 11 is 0. The van der Waals surface area contributed by atoms with Gasteiger partial charge in [0, 0.05) is 26.8 Å². The molecule has 20 heavy (non-hydrogen) atoms. The van der Waals surface area contributed by atoms with Crippen LogP contribution in [-0.2, 0) is 25.5 Å². The number of carbonyl (C=O) groups excluding carboxylic acids is 2. The predicted octanol–water partition coefficient (Wildman–Crippen LogP) is 0.923. The van der Waals surface area contributed by atoms with Crippen LogP contribution in [0.2, 0.25) is 0 Å². The maximum Gasteiger partial charge on any atom is 0.224 e. The summed E-state index contributed by atoms with van der Waals surface area (Å²) in [6, 6.07) is 7.12. The normalized spacial score (nSPS) is 10.4. The van der Waals surface area contributed by atoms with Crippen LogP contribution in [-0.4, -0.2) is 38.9 Å². The van der Waals surface area contributed by atoms with E-state index in [1.54, 1.807) is 24.3 Å². The van der Waals surface area contributed by atoms with E-state index in [0.717, 1.165) is 5.56 Å². The summed E-state index contributed by atoms with van der Waals surface area (Å²) in [6.45, 7) is 1.75. The van der Waals surface area contributed by atoms with Gasteiger partial charge in [-0.05, 0) is 17.7 Å². The van der Waals surface area contributed by atoms with E-state index in [4.69, 9.17) is 9.47 Å². The predicted molar refractivity (Wildman–Crippen MR) is 75.3 cm³/mol. The molecule has 0 unspecified atom stereocenters. The lowest BCUT2D eigenvalue weighted by Crippen LogP contribution is -2.34. The van der Waals surface area contributed by atoms with Crippen LogP contribution >= 0.6 is 0 Å². The molecule has 1 rings (SSSR count). The molecule has 110 valence electrons. The second-order valence-electron chi connectivity index (χ2n) is 4.26. The van der Waals surface area contributed by atoms with Gasteiger partial charge in [-0.25, -0.2) is 0 Å². The molecule has 0 heterocycles. The van der Waals surface area contributed by atoms with Gasteiger partial charge < -0.3 is 20.1 Å². The molecule has 2 amide bonds. The average Bonchev–Trinajstić information content (AvgIpc) is 2.41. The van der Waals surface area contributed by atoms with Crippen molar-refractivity contribution in [1.29, 1.82) is 0 Å². The van der Waals surface area contributed by atoms with Crippen LogP contribution in [0.3, 0.4) is 0 Å². The van der Waals surface area contributed by atoms with Crippen LogP contribution in [0.15, 0.2) is 24.3 Å². The summed E-state index contributed by atoms with van der Waals surface area (Å²) in [5.41, 5.74) is 1.57. The minimum atomic E-state index is -0.443. The van der Waals surface area contributed by atoms with E-state index < -0.39 is 6.29 Å². The lowest BCUT2D eigenvalue weighted by Gasteiger charge is -2.14. The molecule has 0 bridgehead atoms. The summed E-state index contributed by atoms with van der Waals surface area (Å²) in [6.07, 6.45) is -0.179. The fraction of sp³-hybridized carbons (Fsp3) is 0.429. The Morgan fingerprint density at radius 3 is 2.25 bits per heavy atom. The van der Waals surface area contributed by atoms with Gasteiger partial charge in [-0.1, -0.05) is 12.1 Å². The molecule has 0 saturated heterocycles. The maximum atomic E-state index is 11.7. The first-order chi connectivity index (χ1) is 9.55. The topological polar surface area (TPSA) is 76.7 Å². The van der Waals surface area contributed by atoms with Gasteiger partial charge in [-0.15, -0.1) is 0 Å². The zero-order valence-electron chi connectivity index (χ0n) is 11.9. The molecule has 0 fully saturated rings. The molecule has 0 aliphatic carbocycles. The van der Waals surface area contributed by atoms with E-state index in [1.807, 2.05) is 0 Å². The van der Waals surface area contributed by atoms with Gasteiger partial charge in [-0.3, -0.25) is 9.59 Å². The van der Waals surface area contributed by atoms with E-state index in [2.05, 4.69) is 10.6 Å². The third-order valence-corrected chi connectivity index (χ3v) is 2.63. The van der Waals surface area contributed by atoms with Crippen molar-refractivity contribution in [2.75, 3.05) is 26.1 Å². The Balaban J connectivity index is 2.43. The second kappa shape index (κ2) is 8.29. The molecule has 0 aliphatic heterocycles. The number of benzene rings is 1. The molecule has 1 aromatic rings. The van der Waals surface area contributed by atoms with Crippen LogP contribution < -0.4 is 10.6 Å². The largest absolute Gasteiger partial charge is 0.354 e. The summed E-state index contributed by atoms with van der Waals surface area (Å²) < 4.78 is 9.95. The molecule has 6 heteroatoms. The Morgan fingerprint density at radius 2 is 1.75 bits per heavy atom. The monoisotopic (exact) mass is 280 g/mol. The highest BCUT2D eigenvalue weighted by atomic mass is 16.7. The highest BCUT2D eigenvalue weighted by Gasteiger charge is 2.08. The number of hydrogen-bond donors (Lipinski definition) is 2. The van der Waals surface area contributed by atoms with Crippen LogP contribution in [0, 0.1) is 0 Å². The van der Waals surface area contributed by atoms with Crippen LogP contribution in [0.5, 0.6) is 0 Å². The first-order valence-electron chi connectivity index (χ1n) is 6.24. The molecule has 0 radical (unpaired) electrons. The van der Waals surface area contributed by atoms with Crippen molar-refractivity contribution in [1.82, 2.24) is 5.32 Å². The quantitative estimate of drug-likeness (QED) is 0.728. The van der Waals surface area contributed by atoms with Crippen LogP contribution in [0.1, 0.15) is 12.5 Å². The second-order valence-corrected chi connectivity index (χ2v) is 4.26. The van der Waals surface area contributed by atoms with Gasteiger partial charge in [0.05, 0.1) is 13.0 Å². The third-order valence-electron chi connectivity index (χ3n) is 2.63. The number of rotatable bonds is 7. The lowest BCUT2D eigenvalue weighted by atomic mass is 10.1. The van der Waals surface area contributed by atoms with Crippen LogP contribution in [0.4, 0.5) is 5.69 Å². The summed E-state index contributed by atoms with van der Waals surface area (Å²) in [4.78, 5) is 22.6. The zero-order chi connectivity index (χ0) is 15.0. The van der Waals surface area contributed by atoms with Crippen molar-refractivity contribution in [3.63, 3.8) is 0 Å². The number of nitrogens with one attached hydrogen (secondary N) is 2. The Kier molecular flexibility index (Phi) is 6.69. The maximum absolute atomic E-state index is 11.7. The highest BCUT2D eigenvalue weighted by molar-refractivity contribution is 5.88. The van der Waals surface area contributed by atoms with E-state index in [-0.39, 0.29) is 18.2 Å². The molecular weight excluding hydrogens is 260 g/mol. The number of ether oxygens (including phenoxy) is 2. The fourth-order valence-electron chi connectivity index (χ4n) is 1.62. The van der Waals surface area contributed by atoms with Gasteiger partial charge in [0.2, 0.25) is 11.8 Å². The average molecular weight is 280 g/mol. The number of hydrogen-bond acceptors (Lipinski definition) is 4. The standard InChI is InChI=1S/C14H20N2O4/c1-10(17)16-12-6-4-11(5-7-12)8-13(18)15-9-14(19-2)20-3/h4-7,14H,8-9H2,1-3H3,(H,15,18)(H,16,17). The van der Waals surface area contributed by atoms with Gasteiger partial charge >= 0.3 is 0 Å². The molecule has 0 atom stereocenters. The van der Waals surface area contributed by atoms with E-state index >= 15 is 0 Å². The minimum Gasteiger partial charge on any atom is -0.354 e. The Hall–Kier alpha value is -1.92. The molecule has 6 nitrogen and oxygen atoms in total. The molecule has 0 aromatic heterocycles. The van der Waals surface area contributed by atoms with Gasteiger partial charge in [0.15, 0.2) is 6.29 Å². The lowest BCUT2D eigenvalue weighted by molar-refractivity contribution is -0.126. The Bertz CT molecular complexity index is 441. The van der Waals surface area contributed by atoms with Crippen molar-refractivity contribution in [2.24, 2.45) is 0 Å². The highest BCUT2D eigenvalue weighted by Crippen LogP contribution is 2.09. The third kappa shape index (κ3) is 5.81. The summed E-state index contributed by atoms with van der Waals surface area (Å²) in [7, 11) is 3.03. The van der Waals surface area contributed by atoms with Crippen molar-refractivity contribution in [3.8, 4) is 0 Å². The van der Waals surface area contributed by atoms with Crippen molar-refractivity contribution >= 4 is 17.5 Å². The van der Waals surface area contributed by atoms with E-state index in [9.17, 15) is 9.59 Å². The van der Waals surface area contributed by atoms with Crippen molar-refractivity contribution < 1.29 is 19.1 Å². The molecule has 0 spiro atoms. The fourth-order valence-corrected chi connectivity index (χ4v) is 1.62. The first kappa shape index (κ1) is 16.1. The van der Waals surface area contributed by atoms with Gasteiger partial charge in [-0.2, -0.15) is 0 Å². The van der Waals surface area contributed by atoms with E-state index in [1.165, 1.54) is 21.1 Å². The summed E-state index contributed by atoms with van der Waals surface area (Å²) in [5, 5.41) is 5.39. The Labute approximate surface area is 118 Å². The molecular formula is C14H20N2O4. The minimum absolute atomic E-state index is 0.114. The molecule has 0 aliphatic rings. The number of amides is 2. The SMILES string of the molecule is COC(CNC(=O)Cc1ccc(NC(C)=O)cc1)OC. The molecule has 2 N–H and O–H groups in total. The molecule has 0 saturated carbocycles. The van der Waals surface area contributed by atoms with E-state index in [0.29, 0.717) is 12.2 Å². The van der Waals surface area contributed by atoms with Gasteiger partial charge in [0.25, 0.3) is 0 Å². The number of anilines is 1. The van der Waals surface area contributed by atoms with Crippen molar-refractivity contribution in [3.05, 3.63) is 29.8 Å². The summed E-state index contributed by atoms with van der Waals surface area (Å²) in [5.74, 6) is -0.239. The number of methoxy groups -OCH3 is 2. The van der Waals surface area contributed by atoms with Crippen LogP contribution in [0.25, 0.3) is 0 Å². The molecule has 1 aromatic carbocycles. The van der Waals surface area contributed by atoms with Gasteiger partial charge in [0.1, 0.15) is 0 Å². The smallest absolute Gasteiger partial charge is 0.224 e. The Morgan fingerprint density at radius 1 is 1.15 bits per heavy atom. The zero-order valence-corrected chi connectivity index (χ0v) is 11.9. The first-order valence-corrected chi connectivity index (χ1v) is 6.24. The van der Waals surface area contributed by atoms with Crippen molar-refractivity contribution in [2.45, 2.75) is 19.6 Å².